The molecule has 2 aromatic rings. The summed E-state index contributed by atoms with van der Waals surface area (Å²) in [6.45, 7) is 2.94. The molecule has 5 heteroatoms. The van der Waals surface area contributed by atoms with Gasteiger partial charge in [-0.05, 0) is 77.7 Å². The van der Waals surface area contributed by atoms with Gasteiger partial charge in [0.25, 0.3) is 0 Å². The molecule has 0 aromatic heterocycles. The Bertz CT molecular complexity index is 772. The predicted octanol–water partition coefficient (Wildman–Crippen LogP) is 3.16. The third kappa shape index (κ3) is 3.28. The zero-order valence-corrected chi connectivity index (χ0v) is 16.6. The van der Waals surface area contributed by atoms with Crippen molar-refractivity contribution in [2.24, 2.45) is 5.92 Å². The highest BCUT2D eigenvalue weighted by Gasteiger charge is 2.45. The number of esters is 1. The number of ether oxygens (including phenoxy) is 1. The van der Waals surface area contributed by atoms with Crippen molar-refractivity contribution in [3.63, 3.8) is 0 Å². The summed E-state index contributed by atoms with van der Waals surface area (Å²) in [7, 11) is 0. The van der Waals surface area contributed by atoms with Gasteiger partial charge in [-0.1, -0.05) is 42.5 Å². The maximum absolute atomic E-state index is 13.2. The van der Waals surface area contributed by atoms with E-state index < -0.39 is 11.6 Å². The SMILES string of the molecule is O=C(OC1CN2CCC1CC2)C(O)(c1ccccc1)c1ccc([125I])cc1. The Morgan fingerprint density at radius 1 is 1.04 bits per heavy atom. The van der Waals surface area contributed by atoms with Gasteiger partial charge in [0.05, 0.1) is 0 Å². The summed E-state index contributed by atoms with van der Waals surface area (Å²) in [5.41, 5.74) is -0.722. The minimum absolute atomic E-state index is 0.135. The van der Waals surface area contributed by atoms with Gasteiger partial charge in [-0.15, -0.1) is 0 Å². The fourth-order valence-corrected chi connectivity index (χ4v) is 4.40. The molecule has 0 amide bonds. The van der Waals surface area contributed by atoms with Crippen LogP contribution in [0.15, 0.2) is 54.6 Å². The van der Waals surface area contributed by atoms with E-state index in [2.05, 4.69) is 27.5 Å². The third-order valence-electron chi connectivity index (χ3n) is 5.60. The lowest BCUT2D eigenvalue weighted by Gasteiger charge is -2.44. The summed E-state index contributed by atoms with van der Waals surface area (Å²) in [5.74, 6) is -0.177. The average molecular weight is 461 g/mol. The molecule has 1 N–H and O–H groups in total. The van der Waals surface area contributed by atoms with E-state index in [9.17, 15) is 9.90 Å². The number of fused-ring (bicyclic) bond motifs is 3. The van der Waals surface area contributed by atoms with Crippen LogP contribution in [0.3, 0.4) is 0 Å². The molecule has 26 heavy (non-hydrogen) atoms. The third-order valence-corrected chi connectivity index (χ3v) is 6.32. The number of carbonyl (C=O) groups is 1. The minimum atomic E-state index is -1.79. The number of aliphatic hydroxyl groups is 1. The molecule has 0 radical (unpaired) electrons. The molecule has 2 atom stereocenters. The summed E-state index contributed by atoms with van der Waals surface area (Å²) in [6.07, 6.45) is 1.99. The smallest absolute Gasteiger partial charge is 0.348 e. The molecule has 3 aliphatic heterocycles. The van der Waals surface area contributed by atoms with Crippen LogP contribution in [0, 0.1) is 9.49 Å². The maximum atomic E-state index is 13.2. The normalized spacial score (nSPS) is 26.9. The van der Waals surface area contributed by atoms with E-state index in [1.54, 1.807) is 24.3 Å². The molecule has 2 aromatic carbocycles. The van der Waals surface area contributed by atoms with Crippen LogP contribution in [0.1, 0.15) is 24.0 Å². The first kappa shape index (κ1) is 17.9. The van der Waals surface area contributed by atoms with Gasteiger partial charge in [-0.2, -0.15) is 0 Å². The summed E-state index contributed by atoms with van der Waals surface area (Å²) in [4.78, 5) is 15.5. The van der Waals surface area contributed by atoms with Gasteiger partial charge < -0.3 is 9.84 Å². The summed E-state index contributed by atoms with van der Waals surface area (Å²) >= 11 is 2.21. The van der Waals surface area contributed by atoms with Gasteiger partial charge in [0.2, 0.25) is 5.60 Å². The van der Waals surface area contributed by atoms with Crippen LogP contribution in [0.5, 0.6) is 0 Å². The van der Waals surface area contributed by atoms with E-state index in [0.717, 1.165) is 36.0 Å². The van der Waals surface area contributed by atoms with Crippen molar-refractivity contribution in [1.82, 2.24) is 4.90 Å². The first-order valence-electron chi connectivity index (χ1n) is 9.05. The van der Waals surface area contributed by atoms with Crippen molar-refractivity contribution in [3.8, 4) is 0 Å². The molecule has 0 saturated carbocycles. The minimum Gasteiger partial charge on any atom is -0.458 e. The molecule has 3 saturated heterocycles. The highest BCUT2D eigenvalue weighted by Crippen LogP contribution is 2.35. The molecule has 136 valence electrons. The van der Waals surface area contributed by atoms with Gasteiger partial charge in [0, 0.05) is 10.1 Å². The summed E-state index contributed by atoms with van der Waals surface area (Å²) < 4.78 is 6.95. The van der Waals surface area contributed by atoms with Crippen molar-refractivity contribution < 1.29 is 14.6 Å². The zero-order chi connectivity index (χ0) is 18.1. The van der Waals surface area contributed by atoms with Crippen molar-refractivity contribution in [1.29, 1.82) is 0 Å². The second kappa shape index (κ2) is 7.29. The molecular weight excluding hydrogens is 439 g/mol. The Morgan fingerprint density at radius 3 is 2.23 bits per heavy atom. The number of halogens is 1. The second-order valence-corrected chi connectivity index (χ2v) is 8.41. The summed E-state index contributed by atoms with van der Waals surface area (Å²) in [5, 5.41) is 11.5. The highest BCUT2D eigenvalue weighted by atomic mass is 125. The van der Waals surface area contributed by atoms with Crippen LogP contribution in [-0.2, 0) is 15.1 Å². The molecule has 0 spiro atoms. The lowest BCUT2D eigenvalue weighted by molar-refractivity contribution is -0.177. The van der Waals surface area contributed by atoms with E-state index in [1.807, 2.05) is 30.3 Å². The maximum Gasteiger partial charge on any atom is 0.348 e. The first-order valence-corrected chi connectivity index (χ1v) is 10.1. The molecule has 4 nitrogen and oxygen atoms in total. The molecule has 3 aliphatic rings. The number of nitrogens with zero attached hydrogens (tertiary/aromatic N) is 1. The number of benzene rings is 2. The average Bonchev–Trinajstić information content (AvgIpc) is 2.69. The lowest BCUT2D eigenvalue weighted by atomic mass is 9.84. The Morgan fingerprint density at radius 2 is 1.65 bits per heavy atom. The standard InChI is InChI=1S/C21H22INO3/c22-18-8-6-17(7-9-18)21(25,16-4-2-1-3-5-16)20(24)26-19-14-23-12-10-15(19)11-13-23/h1-9,15,19,25H,10-14H2/i22-2. The van der Waals surface area contributed by atoms with Crippen LogP contribution >= 0.6 is 22.6 Å². The molecule has 3 heterocycles. The monoisotopic (exact) mass is 461 g/mol. The van der Waals surface area contributed by atoms with Crippen LogP contribution < -0.4 is 0 Å². The lowest BCUT2D eigenvalue weighted by Crippen LogP contribution is -2.53. The van der Waals surface area contributed by atoms with Gasteiger partial charge in [0.15, 0.2) is 0 Å². The van der Waals surface area contributed by atoms with Crippen molar-refractivity contribution in [2.75, 3.05) is 19.6 Å². The summed E-state index contributed by atoms with van der Waals surface area (Å²) in [6, 6.07) is 16.5. The fraction of sp³-hybridized carbons (Fsp3) is 0.381. The fourth-order valence-electron chi connectivity index (χ4n) is 4.04. The Balaban J connectivity index is 1.66. The number of rotatable bonds is 4. The number of hydrogen-bond acceptors (Lipinski definition) is 4. The van der Waals surface area contributed by atoms with Crippen LogP contribution in [-0.4, -0.2) is 41.7 Å². The second-order valence-electron chi connectivity index (χ2n) is 7.17. The quantitative estimate of drug-likeness (QED) is 0.562. The van der Waals surface area contributed by atoms with Gasteiger partial charge in [0.1, 0.15) is 6.10 Å². The van der Waals surface area contributed by atoms with Crippen LogP contribution in [0.4, 0.5) is 0 Å². The molecular formula is C21H22INO3. The van der Waals surface area contributed by atoms with E-state index >= 15 is 0 Å². The van der Waals surface area contributed by atoms with Crippen molar-refractivity contribution in [2.45, 2.75) is 24.5 Å². The van der Waals surface area contributed by atoms with Crippen molar-refractivity contribution in [3.05, 3.63) is 69.3 Å². The molecule has 3 fully saturated rings. The van der Waals surface area contributed by atoms with E-state index in [-0.39, 0.29) is 6.10 Å². The van der Waals surface area contributed by atoms with Crippen molar-refractivity contribution >= 4 is 28.6 Å². The van der Waals surface area contributed by atoms with E-state index in [1.165, 1.54) is 0 Å². The highest BCUT2D eigenvalue weighted by molar-refractivity contribution is 14.1. The van der Waals surface area contributed by atoms with Gasteiger partial charge in [-0.3, -0.25) is 4.90 Å². The zero-order valence-electron chi connectivity index (χ0n) is 14.5. The van der Waals surface area contributed by atoms with Crippen LogP contribution in [0.2, 0.25) is 0 Å². The van der Waals surface area contributed by atoms with E-state index in [4.69, 9.17) is 4.74 Å². The molecule has 5 rings (SSSR count). The van der Waals surface area contributed by atoms with Gasteiger partial charge >= 0.3 is 5.97 Å². The Hall–Kier alpha value is -1.44. The first-order chi connectivity index (χ1) is 12.6. The number of hydrogen-bond donors (Lipinski definition) is 1. The Kier molecular flexibility index (Phi) is 5.03. The topological polar surface area (TPSA) is 49.8 Å². The number of carbonyl (C=O) groups excluding carboxylic acids is 1. The van der Waals surface area contributed by atoms with Gasteiger partial charge in [-0.25, -0.2) is 4.79 Å². The largest absolute Gasteiger partial charge is 0.458 e. The Labute approximate surface area is 167 Å². The number of piperidine rings is 3. The van der Waals surface area contributed by atoms with Crippen LogP contribution in [0.25, 0.3) is 0 Å². The predicted molar refractivity (Wildman–Crippen MR) is 108 cm³/mol. The van der Waals surface area contributed by atoms with E-state index in [0.29, 0.717) is 17.0 Å². The molecule has 2 bridgehead atoms. The molecule has 2 unspecified atom stereocenters. The molecule has 0 aliphatic carbocycles.